The summed E-state index contributed by atoms with van der Waals surface area (Å²) >= 11 is 1.44. The average molecular weight is 323 g/mol. The Kier molecular flexibility index (Phi) is 4.39. The molecule has 0 aliphatic rings. The van der Waals surface area contributed by atoms with Gasteiger partial charge in [-0.05, 0) is 18.6 Å². The van der Waals surface area contributed by atoms with E-state index in [4.69, 9.17) is 0 Å². The highest BCUT2D eigenvalue weighted by atomic mass is 32.1. The van der Waals surface area contributed by atoms with Crippen molar-refractivity contribution in [2.45, 2.75) is 13.8 Å². The number of rotatable bonds is 4. The number of thiazole rings is 1. The first-order chi connectivity index (χ1) is 11.1. The first kappa shape index (κ1) is 15.2. The molecule has 1 N–H and O–H groups in total. The molecule has 0 unspecified atom stereocenters. The van der Waals surface area contributed by atoms with Gasteiger partial charge in [0.25, 0.3) is 0 Å². The van der Waals surface area contributed by atoms with Gasteiger partial charge in [0.05, 0.1) is 11.4 Å². The van der Waals surface area contributed by atoms with Gasteiger partial charge in [0.1, 0.15) is 0 Å². The van der Waals surface area contributed by atoms with Gasteiger partial charge in [-0.15, -0.1) is 11.3 Å². The van der Waals surface area contributed by atoms with Gasteiger partial charge in [-0.1, -0.05) is 48.5 Å². The fourth-order valence-electron chi connectivity index (χ4n) is 2.19. The van der Waals surface area contributed by atoms with Crippen molar-refractivity contribution < 1.29 is 4.79 Å². The lowest BCUT2D eigenvalue weighted by Crippen LogP contribution is -2.34. The summed E-state index contributed by atoms with van der Waals surface area (Å²) in [5.74, 6) is -0.109. The van der Waals surface area contributed by atoms with E-state index in [1.54, 1.807) is 0 Å². The smallest absolute Gasteiger partial charge is 0.244 e. The lowest BCUT2D eigenvalue weighted by molar-refractivity contribution is -0.116. The zero-order valence-electron chi connectivity index (χ0n) is 13.0. The number of anilines is 2. The molecule has 3 rings (SSSR count). The zero-order chi connectivity index (χ0) is 16.2. The molecule has 0 bridgehead atoms. The molecule has 0 aliphatic heterocycles. The number of carbonyl (C=O) groups is 1. The summed E-state index contributed by atoms with van der Waals surface area (Å²) in [6.07, 6.45) is 0. The van der Waals surface area contributed by atoms with Crippen molar-refractivity contribution in [3.8, 4) is 11.3 Å². The van der Waals surface area contributed by atoms with Crippen LogP contribution in [-0.4, -0.2) is 10.9 Å². The molecule has 0 saturated carbocycles. The van der Waals surface area contributed by atoms with E-state index in [0.29, 0.717) is 5.13 Å². The van der Waals surface area contributed by atoms with E-state index in [1.807, 2.05) is 66.9 Å². The van der Waals surface area contributed by atoms with Crippen molar-refractivity contribution in [1.82, 2.24) is 4.98 Å². The minimum absolute atomic E-state index is 0.109. The number of para-hydroxylation sites is 1. The Morgan fingerprint density at radius 2 is 1.78 bits per heavy atom. The Hall–Kier alpha value is -2.66. The molecule has 2 aromatic carbocycles. The van der Waals surface area contributed by atoms with Crippen LogP contribution in [0.25, 0.3) is 11.3 Å². The van der Waals surface area contributed by atoms with Crippen LogP contribution in [0.5, 0.6) is 0 Å². The summed E-state index contributed by atoms with van der Waals surface area (Å²) in [5, 5.41) is 4.07. The highest BCUT2D eigenvalue weighted by molar-refractivity contribution is 7.14. The number of benzene rings is 2. The van der Waals surface area contributed by atoms with Crippen LogP contribution >= 0.6 is 11.3 Å². The van der Waals surface area contributed by atoms with E-state index in [9.17, 15) is 4.79 Å². The summed E-state index contributed by atoms with van der Waals surface area (Å²) in [5.41, 5.74) is 7.02. The number of hydrazine groups is 1. The molecule has 0 saturated heterocycles. The zero-order valence-corrected chi connectivity index (χ0v) is 13.8. The SMILES string of the molecule is CC(=O)N(Nc1ccccc1C)c1nc(-c2ccccc2)cs1. The Morgan fingerprint density at radius 1 is 1.09 bits per heavy atom. The Balaban J connectivity index is 1.89. The summed E-state index contributed by atoms with van der Waals surface area (Å²) in [7, 11) is 0. The van der Waals surface area contributed by atoms with Gasteiger partial charge in [0.15, 0.2) is 0 Å². The Bertz CT molecular complexity index is 814. The monoisotopic (exact) mass is 323 g/mol. The Morgan fingerprint density at radius 3 is 2.48 bits per heavy atom. The van der Waals surface area contributed by atoms with Gasteiger partial charge in [-0.3, -0.25) is 10.2 Å². The molecule has 5 heteroatoms. The highest BCUT2D eigenvalue weighted by Crippen LogP contribution is 2.28. The molecule has 116 valence electrons. The minimum atomic E-state index is -0.109. The molecule has 0 atom stereocenters. The van der Waals surface area contributed by atoms with E-state index in [1.165, 1.54) is 23.3 Å². The van der Waals surface area contributed by atoms with E-state index in [0.717, 1.165) is 22.5 Å². The lowest BCUT2D eigenvalue weighted by atomic mass is 10.2. The summed E-state index contributed by atoms with van der Waals surface area (Å²) in [6.45, 7) is 3.52. The van der Waals surface area contributed by atoms with Crippen LogP contribution in [0.3, 0.4) is 0 Å². The second-order valence-electron chi connectivity index (χ2n) is 5.16. The lowest BCUT2D eigenvalue weighted by Gasteiger charge is -2.21. The molecular formula is C18H17N3OS. The number of aromatic nitrogens is 1. The maximum atomic E-state index is 12.0. The van der Waals surface area contributed by atoms with Crippen molar-refractivity contribution in [2.75, 3.05) is 10.4 Å². The predicted octanol–water partition coefficient (Wildman–Crippen LogP) is 4.50. The van der Waals surface area contributed by atoms with Gasteiger partial charge >= 0.3 is 0 Å². The summed E-state index contributed by atoms with van der Waals surface area (Å²) < 4.78 is 0. The fourth-order valence-corrected chi connectivity index (χ4v) is 3.02. The van der Waals surface area contributed by atoms with E-state index in [2.05, 4.69) is 10.4 Å². The molecule has 0 spiro atoms. The van der Waals surface area contributed by atoms with Gasteiger partial charge in [-0.25, -0.2) is 4.98 Å². The predicted molar refractivity (Wildman–Crippen MR) is 95.5 cm³/mol. The molecule has 1 aromatic heterocycles. The largest absolute Gasteiger partial charge is 0.289 e. The second-order valence-corrected chi connectivity index (χ2v) is 6.00. The van der Waals surface area contributed by atoms with Crippen molar-refractivity contribution in [2.24, 2.45) is 0 Å². The second kappa shape index (κ2) is 6.62. The first-order valence-corrected chi connectivity index (χ1v) is 8.17. The third kappa shape index (κ3) is 3.40. The summed E-state index contributed by atoms with van der Waals surface area (Å²) in [4.78, 5) is 16.6. The average Bonchev–Trinajstić information content (AvgIpc) is 3.04. The molecule has 1 amide bonds. The number of aryl methyl sites for hydroxylation is 1. The molecule has 1 heterocycles. The van der Waals surface area contributed by atoms with E-state index in [-0.39, 0.29) is 5.91 Å². The van der Waals surface area contributed by atoms with E-state index < -0.39 is 0 Å². The maximum absolute atomic E-state index is 12.0. The molecule has 4 nitrogen and oxygen atoms in total. The van der Waals surface area contributed by atoms with E-state index >= 15 is 0 Å². The number of carbonyl (C=O) groups excluding carboxylic acids is 1. The van der Waals surface area contributed by atoms with Crippen molar-refractivity contribution in [3.63, 3.8) is 0 Å². The molecule has 0 fully saturated rings. The quantitative estimate of drug-likeness (QED) is 0.719. The number of nitrogens with one attached hydrogen (secondary N) is 1. The molecule has 3 aromatic rings. The first-order valence-electron chi connectivity index (χ1n) is 7.29. The molecular weight excluding hydrogens is 306 g/mol. The third-order valence-corrected chi connectivity index (χ3v) is 4.27. The fraction of sp³-hybridized carbons (Fsp3) is 0.111. The van der Waals surface area contributed by atoms with Gasteiger partial charge < -0.3 is 0 Å². The van der Waals surface area contributed by atoms with Crippen molar-refractivity contribution in [1.29, 1.82) is 0 Å². The Labute approximate surface area is 139 Å². The minimum Gasteiger partial charge on any atom is -0.289 e. The number of hydrogen-bond donors (Lipinski definition) is 1. The van der Waals surface area contributed by atoms with Crippen LogP contribution in [-0.2, 0) is 4.79 Å². The van der Waals surface area contributed by atoms with Crippen molar-refractivity contribution >= 4 is 28.1 Å². The number of amides is 1. The van der Waals surface area contributed by atoms with Crippen LogP contribution in [0, 0.1) is 6.92 Å². The van der Waals surface area contributed by atoms with Gasteiger partial charge in [-0.2, -0.15) is 5.01 Å². The number of hydrogen-bond acceptors (Lipinski definition) is 4. The van der Waals surface area contributed by atoms with Crippen LogP contribution in [0.15, 0.2) is 60.0 Å². The summed E-state index contributed by atoms with van der Waals surface area (Å²) in [6, 6.07) is 17.8. The van der Waals surface area contributed by atoms with Crippen LogP contribution < -0.4 is 10.4 Å². The standard InChI is InChI=1S/C18H17N3OS/c1-13-8-6-7-11-16(13)20-21(14(2)22)18-19-17(12-23-18)15-9-4-3-5-10-15/h3-12,20H,1-2H3. The molecule has 0 aliphatic carbocycles. The molecule has 0 radical (unpaired) electrons. The third-order valence-electron chi connectivity index (χ3n) is 3.45. The van der Waals surface area contributed by atoms with Crippen LogP contribution in [0.2, 0.25) is 0 Å². The maximum Gasteiger partial charge on any atom is 0.244 e. The highest BCUT2D eigenvalue weighted by Gasteiger charge is 2.17. The van der Waals surface area contributed by atoms with Gasteiger partial charge in [0, 0.05) is 17.9 Å². The van der Waals surface area contributed by atoms with Crippen LogP contribution in [0.1, 0.15) is 12.5 Å². The van der Waals surface area contributed by atoms with Crippen LogP contribution in [0.4, 0.5) is 10.8 Å². The topological polar surface area (TPSA) is 45.2 Å². The van der Waals surface area contributed by atoms with Crippen molar-refractivity contribution in [3.05, 3.63) is 65.5 Å². The normalized spacial score (nSPS) is 10.3. The molecule has 23 heavy (non-hydrogen) atoms. The number of nitrogens with zero attached hydrogens (tertiary/aromatic N) is 2. The van der Waals surface area contributed by atoms with Gasteiger partial charge in [0.2, 0.25) is 11.0 Å².